The van der Waals surface area contributed by atoms with Crippen LogP contribution in [0.2, 0.25) is 0 Å². The number of epoxide rings is 1. The van der Waals surface area contributed by atoms with Gasteiger partial charge in [-0.25, -0.2) is 9.59 Å². The summed E-state index contributed by atoms with van der Waals surface area (Å²) in [6, 6.07) is 0. The van der Waals surface area contributed by atoms with E-state index in [1.165, 1.54) is 38.5 Å². The van der Waals surface area contributed by atoms with E-state index in [4.69, 9.17) is 14.9 Å². The van der Waals surface area contributed by atoms with Crippen molar-refractivity contribution in [3.63, 3.8) is 0 Å². The largest absolute Gasteiger partial charge is 0.479 e. The van der Waals surface area contributed by atoms with Crippen LogP contribution >= 0.6 is 0 Å². The molecule has 1 aliphatic rings. The van der Waals surface area contributed by atoms with Crippen molar-refractivity contribution in [3.8, 4) is 0 Å². The Morgan fingerprint density at radius 2 is 1.42 bits per heavy atom. The molecule has 0 aliphatic carbocycles. The van der Waals surface area contributed by atoms with E-state index in [0.29, 0.717) is 12.8 Å². The first kappa shape index (κ1) is 22.9. The number of unbranched alkanes of at least 4 members (excludes halogenated alkanes) is 7. The van der Waals surface area contributed by atoms with Gasteiger partial charge in [0.2, 0.25) is 0 Å². The van der Waals surface area contributed by atoms with Crippen molar-refractivity contribution < 1.29 is 34.8 Å². The Balaban J connectivity index is 2.10. The molecule has 152 valence electrons. The highest BCUT2D eigenvalue weighted by Gasteiger charge is 2.47. The number of rotatable bonds is 16. The molecule has 7 nitrogen and oxygen atoms in total. The highest BCUT2D eigenvalue weighted by atomic mass is 16.6. The van der Waals surface area contributed by atoms with Gasteiger partial charge >= 0.3 is 11.9 Å². The second-order valence-electron chi connectivity index (χ2n) is 7.34. The lowest BCUT2D eigenvalue weighted by molar-refractivity contribution is -0.184. The third-order valence-corrected chi connectivity index (χ3v) is 5.13. The van der Waals surface area contributed by atoms with Gasteiger partial charge in [-0.1, -0.05) is 58.3 Å². The van der Waals surface area contributed by atoms with Crippen molar-refractivity contribution in [1.29, 1.82) is 0 Å². The molecule has 0 aromatic rings. The number of hydrogen-bond acceptors (Lipinski definition) is 5. The molecule has 0 bridgehead atoms. The molecule has 4 N–H and O–H groups in total. The van der Waals surface area contributed by atoms with Gasteiger partial charge in [0.1, 0.15) is 0 Å². The van der Waals surface area contributed by atoms with Crippen LogP contribution in [0.15, 0.2) is 0 Å². The number of carboxylic acids is 2. The van der Waals surface area contributed by atoms with Crippen LogP contribution in [0.25, 0.3) is 0 Å². The third-order valence-electron chi connectivity index (χ3n) is 5.13. The maximum absolute atomic E-state index is 11.1. The molecule has 0 aromatic carbocycles. The minimum absolute atomic E-state index is 0.192. The molecule has 4 unspecified atom stereocenters. The summed E-state index contributed by atoms with van der Waals surface area (Å²) < 4.78 is 5.61. The van der Waals surface area contributed by atoms with Crippen molar-refractivity contribution in [2.45, 2.75) is 108 Å². The zero-order chi connectivity index (χ0) is 19.6. The summed E-state index contributed by atoms with van der Waals surface area (Å²) in [4.78, 5) is 21.8. The summed E-state index contributed by atoms with van der Waals surface area (Å²) >= 11 is 0. The first-order chi connectivity index (χ1) is 12.3. The first-order valence-corrected chi connectivity index (χ1v) is 9.85. The van der Waals surface area contributed by atoms with E-state index >= 15 is 0 Å². The summed E-state index contributed by atoms with van der Waals surface area (Å²) in [6.07, 6.45) is 9.47. The van der Waals surface area contributed by atoms with Crippen LogP contribution < -0.4 is 0 Å². The van der Waals surface area contributed by atoms with Gasteiger partial charge in [-0.3, -0.25) is 0 Å². The van der Waals surface area contributed by atoms with Gasteiger partial charge in [-0.15, -0.1) is 0 Å². The van der Waals surface area contributed by atoms with Gasteiger partial charge in [0.05, 0.1) is 12.2 Å². The zero-order valence-corrected chi connectivity index (χ0v) is 15.7. The van der Waals surface area contributed by atoms with Gasteiger partial charge in [-0.2, -0.15) is 0 Å². The molecule has 1 rings (SSSR count). The Labute approximate surface area is 155 Å². The lowest BCUT2D eigenvalue weighted by Crippen LogP contribution is -2.53. The van der Waals surface area contributed by atoms with E-state index in [0.717, 1.165) is 19.3 Å². The van der Waals surface area contributed by atoms with E-state index in [1.807, 2.05) is 0 Å². The van der Waals surface area contributed by atoms with Gasteiger partial charge in [0.25, 0.3) is 0 Å². The number of carboxylic acid groups (broad SMARTS) is 2. The van der Waals surface area contributed by atoms with Crippen molar-refractivity contribution in [3.05, 3.63) is 0 Å². The Kier molecular flexibility index (Phi) is 10.1. The maximum atomic E-state index is 11.1. The molecule has 1 heterocycles. The first-order valence-electron chi connectivity index (χ1n) is 9.85. The topological polar surface area (TPSA) is 128 Å². The van der Waals surface area contributed by atoms with E-state index in [-0.39, 0.29) is 18.6 Å². The number of carbonyl (C=O) groups is 2. The fourth-order valence-electron chi connectivity index (χ4n) is 3.29. The van der Waals surface area contributed by atoms with E-state index < -0.39 is 23.6 Å². The summed E-state index contributed by atoms with van der Waals surface area (Å²) in [5.74, 6) is -3.46. The van der Waals surface area contributed by atoms with E-state index in [2.05, 4.69) is 6.92 Å². The van der Waals surface area contributed by atoms with Crippen LogP contribution in [0, 0.1) is 0 Å². The van der Waals surface area contributed by atoms with Gasteiger partial charge in [0, 0.05) is 0 Å². The normalized spacial score (nSPS) is 22.6. The predicted molar refractivity (Wildman–Crippen MR) is 96.0 cm³/mol. The maximum Gasteiger partial charge on any atom is 0.339 e. The summed E-state index contributed by atoms with van der Waals surface area (Å²) in [5, 5.41) is 37.1. The van der Waals surface area contributed by atoms with Crippen LogP contribution in [-0.4, -0.2) is 56.3 Å². The van der Waals surface area contributed by atoms with Crippen molar-refractivity contribution in [1.82, 2.24) is 0 Å². The molecule has 1 fully saturated rings. The van der Waals surface area contributed by atoms with E-state index in [1.54, 1.807) is 0 Å². The Morgan fingerprint density at radius 1 is 0.923 bits per heavy atom. The second kappa shape index (κ2) is 11.5. The fourth-order valence-corrected chi connectivity index (χ4v) is 3.29. The fraction of sp³-hybridized carbons (Fsp3) is 0.895. The molecule has 4 atom stereocenters. The summed E-state index contributed by atoms with van der Waals surface area (Å²) in [7, 11) is 0. The molecule has 0 radical (unpaired) electrons. The van der Waals surface area contributed by atoms with E-state index in [9.17, 15) is 19.8 Å². The van der Waals surface area contributed by atoms with Crippen molar-refractivity contribution >= 4 is 11.9 Å². The lowest BCUT2D eigenvalue weighted by Gasteiger charge is -2.25. The molecule has 1 saturated heterocycles. The monoisotopic (exact) mass is 374 g/mol. The Morgan fingerprint density at radius 3 is 1.92 bits per heavy atom. The van der Waals surface area contributed by atoms with Gasteiger partial charge < -0.3 is 25.2 Å². The minimum Gasteiger partial charge on any atom is -0.479 e. The summed E-state index contributed by atoms with van der Waals surface area (Å²) in [6.45, 7) is 2.21. The number of aliphatic carboxylic acids is 2. The third kappa shape index (κ3) is 7.60. The van der Waals surface area contributed by atoms with Crippen LogP contribution in [0.3, 0.4) is 0 Å². The molecular formula is C19H34O7. The zero-order valence-electron chi connectivity index (χ0n) is 15.7. The SMILES string of the molecule is CCCCCCCCCC1OC1CCCCC(O)(C(=O)O)C(O)C(=O)O. The average molecular weight is 374 g/mol. The quantitative estimate of drug-likeness (QED) is 0.241. The molecular weight excluding hydrogens is 340 g/mol. The number of ether oxygens (including phenoxy) is 1. The molecule has 0 saturated carbocycles. The molecule has 0 amide bonds. The highest BCUT2D eigenvalue weighted by Crippen LogP contribution is 2.32. The van der Waals surface area contributed by atoms with Gasteiger partial charge in [-0.05, 0) is 25.7 Å². The van der Waals surface area contributed by atoms with Crippen molar-refractivity contribution in [2.75, 3.05) is 0 Å². The Hall–Kier alpha value is -1.18. The average Bonchev–Trinajstić information content (AvgIpc) is 3.35. The lowest BCUT2D eigenvalue weighted by atomic mass is 9.90. The number of aliphatic hydroxyl groups is 2. The van der Waals surface area contributed by atoms with Crippen LogP contribution in [0.4, 0.5) is 0 Å². The van der Waals surface area contributed by atoms with Crippen LogP contribution in [0.5, 0.6) is 0 Å². The smallest absolute Gasteiger partial charge is 0.339 e. The minimum atomic E-state index is -2.65. The second-order valence-corrected chi connectivity index (χ2v) is 7.34. The number of hydrogen-bond donors (Lipinski definition) is 4. The molecule has 7 heteroatoms. The van der Waals surface area contributed by atoms with Crippen LogP contribution in [0.1, 0.15) is 84.0 Å². The van der Waals surface area contributed by atoms with Crippen molar-refractivity contribution in [2.24, 2.45) is 0 Å². The Bertz CT molecular complexity index is 440. The van der Waals surface area contributed by atoms with Gasteiger partial charge in [0.15, 0.2) is 11.7 Å². The predicted octanol–water partition coefficient (Wildman–Crippen LogP) is 2.72. The highest BCUT2D eigenvalue weighted by molar-refractivity contribution is 5.87. The standard InChI is InChI=1S/C19H34O7/c1-2-3-4-5-6-7-8-11-14-15(26-14)12-9-10-13-19(25,18(23)24)16(20)17(21)22/h14-16,20,25H,2-13H2,1H3,(H,21,22)(H,23,24). The summed E-state index contributed by atoms with van der Waals surface area (Å²) in [5.41, 5.74) is -2.65. The molecule has 0 spiro atoms. The molecule has 1 aliphatic heterocycles. The molecule has 26 heavy (non-hydrogen) atoms. The number of aliphatic hydroxyl groups excluding tert-OH is 1. The molecule has 0 aromatic heterocycles. The van der Waals surface area contributed by atoms with Crippen LogP contribution in [-0.2, 0) is 14.3 Å².